The molecular weight excluding hydrogens is 202 g/mol. The Balaban J connectivity index is 3.12. The number of halogens is 1. The molecule has 14 heavy (non-hydrogen) atoms. The fraction of sp³-hybridized carbons (Fsp3) is 0.333. The number of hydrogen-bond donors (Lipinski definition) is 1. The molecule has 1 rings (SSSR count). The van der Waals surface area contributed by atoms with Gasteiger partial charge in [-0.1, -0.05) is 0 Å². The quantitative estimate of drug-likeness (QED) is 0.464. The fourth-order valence-electron chi connectivity index (χ4n) is 1.07. The summed E-state index contributed by atoms with van der Waals surface area (Å²) >= 11 is 5.55. The zero-order valence-corrected chi connectivity index (χ0v) is 9.08. The van der Waals surface area contributed by atoms with E-state index in [4.69, 9.17) is 11.8 Å². The Labute approximate surface area is 87.9 Å². The molecule has 0 aliphatic heterocycles. The van der Waals surface area contributed by atoms with Crippen molar-refractivity contribution in [2.24, 2.45) is 5.10 Å². The van der Waals surface area contributed by atoms with Crippen LogP contribution in [0.5, 0.6) is 5.75 Å². The zero-order chi connectivity index (χ0) is 10.7. The summed E-state index contributed by atoms with van der Waals surface area (Å²) in [5.41, 5.74) is 1.85. The van der Waals surface area contributed by atoms with Crippen LogP contribution in [0.2, 0.25) is 0 Å². The Morgan fingerprint density at radius 2 is 2.21 bits per heavy atom. The minimum absolute atomic E-state index is 0.107. The summed E-state index contributed by atoms with van der Waals surface area (Å²) in [5, 5.41) is 13.5. The first kappa shape index (κ1) is 10.8. The third-order valence-electron chi connectivity index (χ3n) is 1.64. The summed E-state index contributed by atoms with van der Waals surface area (Å²) < 4.78 is 1.15. The lowest BCUT2D eigenvalue weighted by Crippen LogP contribution is -2.05. The van der Waals surface area contributed by atoms with E-state index in [1.807, 2.05) is 6.92 Å². The lowest BCUT2D eigenvalue weighted by molar-refractivity contribution is 0.470. The number of rotatable bonds is 2. The topological polar surface area (TPSA) is 48.7 Å². The van der Waals surface area contributed by atoms with Crippen molar-refractivity contribution < 1.29 is 5.11 Å². The molecule has 1 aromatic rings. The van der Waals surface area contributed by atoms with E-state index in [0.717, 1.165) is 10.2 Å². The first-order valence-corrected chi connectivity index (χ1v) is 4.46. The van der Waals surface area contributed by atoms with Gasteiger partial charge in [-0.25, -0.2) is 9.51 Å². The first-order valence-electron chi connectivity index (χ1n) is 4.12. The van der Waals surface area contributed by atoms with Gasteiger partial charge in [0.05, 0.1) is 5.71 Å². The molecular formula is C9H12ClN3O. The van der Waals surface area contributed by atoms with E-state index in [-0.39, 0.29) is 5.75 Å². The largest absolute Gasteiger partial charge is 0.506 e. The number of hydrogen-bond acceptors (Lipinski definition) is 4. The van der Waals surface area contributed by atoms with Crippen molar-refractivity contribution in [2.75, 3.05) is 7.05 Å². The van der Waals surface area contributed by atoms with Crippen LogP contribution in [0.1, 0.15) is 18.3 Å². The van der Waals surface area contributed by atoms with E-state index in [2.05, 4.69) is 10.1 Å². The van der Waals surface area contributed by atoms with Crippen LogP contribution in [-0.2, 0) is 0 Å². The van der Waals surface area contributed by atoms with Crippen LogP contribution in [0.3, 0.4) is 0 Å². The van der Waals surface area contributed by atoms with Gasteiger partial charge < -0.3 is 5.11 Å². The molecule has 0 bridgehead atoms. The van der Waals surface area contributed by atoms with Crippen molar-refractivity contribution in [1.82, 2.24) is 9.51 Å². The molecule has 0 aliphatic carbocycles. The van der Waals surface area contributed by atoms with E-state index in [1.54, 1.807) is 26.1 Å². The molecule has 0 aliphatic rings. The molecule has 0 unspecified atom stereocenters. The number of pyridine rings is 1. The maximum atomic E-state index is 9.51. The third kappa shape index (κ3) is 2.60. The van der Waals surface area contributed by atoms with Gasteiger partial charge in [-0.3, -0.25) is 0 Å². The van der Waals surface area contributed by atoms with Gasteiger partial charge in [0.15, 0.2) is 0 Å². The molecule has 0 amide bonds. The molecule has 0 saturated carbocycles. The van der Waals surface area contributed by atoms with E-state index in [1.165, 1.54) is 0 Å². The van der Waals surface area contributed by atoms with Gasteiger partial charge in [0.1, 0.15) is 11.4 Å². The fourth-order valence-corrected chi connectivity index (χ4v) is 1.18. The van der Waals surface area contributed by atoms with Gasteiger partial charge in [-0.05, 0) is 26.0 Å². The van der Waals surface area contributed by atoms with Gasteiger partial charge in [0.25, 0.3) is 0 Å². The maximum Gasteiger partial charge on any atom is 0.143 e. The molecule has 1 heterocycles. The van der Waals surface area contributed by atoms with Crippen LogP contribution in [0.25, 0.3) is 0 Å². The van der Waals surface area contributed by atoms with Crippen molar-refractivity contribution in [3.05, 3.63) is 23.5 Å². The SMILES string of the molecule is CC(=NN(C)Cl)c1nc(C)ccc1O. The first-order chi connectivity index (χ1) is 6.50. The van der Waals surface area contributed by atoms with E-state index >= 15 is 0 Å². The summed E-state index contributed by atoms with van der Waals surface area (Å²) in [6, 6.07) is 3.32. The van der Waals surface area contributed by atoms with Crippen LogP contribution >= 0.6 is 11.8 Å². The predicted octanol–water partition coefficient (Wildman–Crippen LogP) is 1.91. The van der Waals surface area contributed by atoms with Crippen molar-refractivity contribution in [3.8, 4) is 5.75 Å². The summed E-state index contributed by atoms with van der Waals surface area (Å²) in [7, 11) is 1.60. The summed E-state index contributed by atoms with van der Waals surface area (Å²) in [5.74, 6) is 0.107. The molecule has 1 aromatic heterocycles. The molecule has 4 nitrogen and oxygen atoms in total. The summed E-state index contributed by atoms with van der Waals surface area (Å²) in [6.07, 6.45) is 0. The van der Waals surface area contributed by atoms with Crippen molar-refractivity contribution in [2.45, 2.75) is 13.8 Å². The highest BCUT2D eigenvalue weighted by Gasteiger charge is 2.07. The monoisotopic (exact) mass is 213 g/mol. The maximum absolute atomic E-state index is 9.51. The van der Waals surface area contributed by atoms with Crippen molar-refractivity contribution in [1.29, 1.82) is 0 Å². The Morgan fingerprint density at radius 3 is 2.79 bits per heavy atom. The number of aromatic nitrogens is 1. The standard InChI is InChI=1S/C9H12ClN3O/c1-6-4-5-8(14)9(11-6)7(2)12-13(3)10/h4-5,14H,1-3H3. The number of hydrazone groups is 1. The van der Waals surface area contributed by atoms with Gasteiger partial charge in [-0.2, -0.15) is 5.10 Å². The van der Waals surface area contributed by atoms with Gasteiger partial charge >= 0.3 is 0 Å². The predicted molar refractivity (Wildman–Crippen MR) is 56.5 cm³/mol. The normalized spacial score (nSPS) is 11.6. The highest BCUT2D eigenvalue weighted by Crippen LogP contribution is 2.15. The van der Waals surface area contributed by atoms with Crippen LogP contribution in [0.15, 0.2) is 17.2 Å². The molecule has 76 valence electrons. The number of aromatic hydroxyl groups is 1. The second-order valence-corrected chi connectivity index (χ2v) is 3.44. The Bertz CT molecular complexity index is 363. The average molecular weight is 214 g/mol. The molecule has 0 spiro atoms. The van der Waals surface area contributed by atoms with Gasteiger partial charge in [0.2, 0.25) is 0 Å². The van der Waals surface area contributed by atoms with Crippen LogP contribution in [-0.4, -0.2) is 27.4 Å². The Hall–Kier alpha value is -1.29. The average Bonchev–Trinajstić information content (AvgIpc) is 2.08. The minimum atomic E-state index is 0.107. The van der Waals surface area contributed by atoms with Gasteiger partial charge in [0, 0.05) is 24.5 Å². The lowest BCUT2D eigenvalue weighted by atomic mass is 10.2. The Morgan fingerprint density at radius 1 is 1.57 bits per heavy atom. The minimum Gasteiger partial charge on any atom is -0.506 e. The number of aryl methyl sites for hydroxylation is 1. The smallest absolute Gasteiger partial charge is 0.143 e. The van der Waals surface area contributed by atoms with E-state index in [0.29, 0.717) is 11.4 Å². The van der Waals surface area contributed by atoms with E-state index < -0.39 is 0 Å². The highest BCUT2D eigenvalue weighted by molar-refractivity contribution is 6.13. The lowest BCUT2D eigenvalue weighted by Gasteiger charge is -2.06. The highest BCUT2D eigenvalue weighted by atomic mass is 35.5. The molecule has 0 aromatic carbocycles. The molecule has 0 radical (unpaired) electrons. The van der Waals surface area contributed by atoms with Crippen molar-refractivity contribution >= 4 is 17.5 Å². The van der Waals surface area contributed by atoms with Crippen molar-refractivity contribution in [3.63, 3.8) is 0 Å². The second kappa shape index (κ2) is 4.28. The van der Waals surface area contributed by atoms with Crippen LogP contribution in [0.4, 0.5) is 0 Å². The number of nitrogens with zero attached hydrogens (tertiary/aromatic N) is 3. The van der Waals surface area contributed by atoms with Crippen LogP contribution in [0, 0.1) is 6.92 Å². The summed E-state index contributed by atoms with van der Waals surface area (Å²) in [6.45, 7) is 3.58. The second-order valence-electron chi connectivity index (χ2n) is 2.95. The van der Waals surface area contributed by atoms with Crippen LogP contribution < -0.4 is 0 Å². The molecule has 1 N–H and O–H groups in total. The molecule has 5 heteroatoms. The molecule has 0 saturated heterocycles. The van der Waals surface area contributed by atoms with Gasteiger partial charge in [-0.15, -0.1) is 0 Å². The Kier molecular flexibility index (Phi) is 3.30. The zero-order valence-electron chi connectivity index (χ0n) is 8.32. The molecule has 0 atom stereocenters. The van der Waals surface area contributed by atoms with E-state index in [9.17, 15) is 5.11 Å². The summed E-state index contributed by atoms with van der Waals surface area (Å²) in [4.78, 5) is 4.16. The molecule has 0 fully saturated rings. The third-order valence-corrected chi connectivity index (χ3v) is 1.72.